The molecule has 0 heterocycles. The largest absolute Gasteiger partial charge is 0.504 e. The number of phenolic OH excluding ortho intramolecular Hbond substituents is 1. The van der Waals surface area contributed by atoms with Gasteiger partial charge in [-0.1, -0.05) is 23.7 Å². The van der Waals surface area contributed by atoms with Crippen molar-refractivity contribution < 1.29 is 14.6 Å². The van der Waals surface area contributed by atoms with Gasteiger partial charge in [0.15, 0.2) is 11.5 Å². The zero-order valence-electron chi connectivity index (χ0n) is 11.5. The van der Waals surface area contributed by atoms with Crippen LogP contribution in [0.1, 0.15) is 21.5 Å². The second-order valence-corrected chi connectivity index (χ2v) is 5.89. The van der Waals surface area contributed by atoms with Crippen molar-refractivity contribution in [1.82, 2.24) is 0 Å². The van der Waals surface area contributed by atoms with Crippen molar-refractivity contribution in [3.8, 4) is 11.5 Å². The molecular formula is C16H15ClO3S. The fourth-order valence-electron chi connectivity index (χ4n) is 1.88. The molecule has 0 saturated heterocycles. The second kappa shape index (κ2) is 7.38. The molecule has 0 aromatic heterocycles. The van der Waals surface area contributed by atoms with Gasteiger partial charge in [-0.05, 0) is 29.8 Å². The van der Waals surface area contributed by atoms with Crippen molar-refractivity contribution in [3.63, 3.8) is 0 Å². The molecule has 0 radical (unpaired) electrons. The molecule has 0 atom stereocenters. The molecule has 110 valence electrons. The number of carbonyl (C=O) groups is 1. The lowest BCUT2D eigenvalue weighted by molar-refractivity contribution is 0.112. The number of hydrogen-bond donors (Lipinski definition) is 1. The van der Waals surface area contributed by atoms with Gasteiger partial charge in [0.2, 0.25) is 0 Å². The van der Waals surface area contributed by atoms with Gasteiger partial charge >= 0.3 is 0 Å². The maximum Gasteiger partial charge on any atom is 0.161 e. The lowest BCUT2D eigenvalue weighted by Gasteiger charge is -2.10. The number of carbonyl (C=O) groups excluding carboxylic acids is 1. The van der Waals surface area contributed by atoms with Crippen LogP contribution < -0.4 is 4.74 Å². The minimum absolute atomic E-state index is 0.0895. The van der Waals surface area contributed by atoms with E-state index in [9.17, 15) is 9.90 Å². The molecule has 0 fully saturated rings. The predicted molar refractivity (Wildman–Crippen MR) is 86.5 cm³/mol. The van der Waals surface area contributed by atoms with E-state index in [-0.39, 0.29) is 5.75 Å². The lowest BCUT2D eigenvalue weighted by atomic mass is 10.1. The Morgan fingerprint density at radius 1 is 1.24 bits per heavy atom. The zero-order valence-corrected chi connectivity index (χ0v) is 13.1. The normalized spacial score (nSPS) is 10.4. The molecule has 3 nitrogen and oxygen atoms in total. The molecule has 5 heteroatoms. The highest BCUT2D eigenvalue weighted by Crippen LogP contribution is 2.34. The summed E-state index contributed by atoms with van der Waals surface area (Å²) in [6, 6.07) is 10.8. The van der Waals surface area contributed by atoms with E-state index in [0.717, 1.165) is 17.6 Å². The first-order chi connectivity index (χ1) is 10.1. The van der Waals surface area contributed by atoms with E-state index >= 15 is 0 Å². The van der Waals surface area contributed by atoms with Crippen LogP contribution in [0.15, 0.2) is 36.4 Å². The molecular weight excluding hydrogens is 308 g/mol. The highest BCUT2D eigenvalue weighted by molar-refractivity contribution is 7.97. The number of aldehydes is 1. The number of phenols is 1. The van der Waals surface area contributed by atoms with Crippen molar-refractivity contribution in [2.45, 2.75) is 11.5 Å². The summed E-state index contributed by atoms with van der Waals surface area (Å²) >= 11 is 7.49. The maximum atomic E-state index is 10.9. The summed E-state index contributed by atoms with van der Waals surface area (Å²) < 4.78 is 5.07. The van der Waals surface area contributed by atoms with E-state index in [1.807, 2.05) is 24.3 Å². The van der Waals surface area contributed by atoms with Crippen molar-refractivity contribution in [2.75, 3.05) is 7.11 Å². The Morgan fingerprint density at radius 3 is 2.57 bits per heavy atom. The van der Waals surface area contributed by atoms with Crippen molar-refractivity contribution >= 4 is 29.6 Å². The molecule has 0 saturated carbocycles. The third-order valence-electron chi connectivity index (χ3n) is 2.97. The fourth-order valence-corrected chi connectivity index (χ4v) is 2.98. The molecule has 0 spiro atoms. The first-order valence-electron chi connectivity index (χ1n) is 6.31. The van der Waals surface area contributed by atoms with Crippen LogP contribution in [-0.2, 0) is 11.5 Å². The zero-order chi connectivity index (χ0) is 15.2. The molecule has 0 bridgehead atoms. The van der Waals surface area contributed by atoms with E-state index in [0.29, 0.717) is 27.7 Å². The van der Waals surface area contributed by atoms with Gasteiger partial charge in [0.1, 0.15) is 6.29 Å². The Balaban J connectivity index is 2.05. The average Bonchev–Trinajstić information content (AvgIpc) is 2.51. The van der Waals surface area contributed by atoms with Crippen LogP contribution in [0.4, 0.5) is 0 Å². The van der Waals surface area contributed by atoms with Crippen LogP contribution in [-0.4, -0.2) is 18.5 Å². The molecule has 0 aliphatic carbocycles. The highest BCUT2D eigenvalue weighted by Gasteiger charge is 2.10. The summed E-state index contributed by atoms with van der Waals surface area (Å²) in [6.07, 6.45) is 0.745. The molecule has 0 amide bonds. The topological polar surface area (TPSA) is 46.5 Å². The molecule has 0 unspecified atom stereocenters. The highest BCUT2D eigenvalue weighted by atomic mass is 35.5. The van der Waals surface area contributed by atoms with Crippen molar-refractivity contribution in [1.29, 1.82) is 0 Å². The van der Waals surface area contributed by atoms with Crippen LogP contribution in [0, 0.1) is 0 Å². The maximum absolute atomic E-state index is 10.9. The van der Waals surface area contributed by atoms with Gasteiger partial charge in [0.25, 0.3) is 0 Å². The minimum atomic E-state index is 0.0895. The Hall–Kier alpha value is -1.65. The van der Waals surface area contributed by atoms with Crippen LogP contribution in [0.25, 0.3) is 0 Å². The molecule has 0 aliphatic rings. The Kier molecular flexibility index (Phi) is 5.53. The van der Waals surface area contributed by atoms with E-state index in [4.69, 9.17) is 16.3 Å². The third-order valence-corrected chi connectivity index (χ3v) is 4.28. The summed E-state index contributed by atoms with van der Waals surface area (Å²) in [5.74, 6) is 1.80. The van der Waals surface area contributed by atoms with Crippen molar-refractivity contribution in [2.24, 2.45) is 0 Å². The number of ether oxygens (including phenoxy) is 1. The lowest BCUT2D eigenvalue weighted by Crippen LogP contribution is -1.92. The van der Waals surface area contributed by atoms with Gasteiger partial charge in [-0.3, -0.25) is 4.79 Å². The van der Waals surface area contributed by atoms with Crippen LogP contribution in [0.2, 0.25) is 5.02 Å². The Morgan fingerprint density at radius 2 is 1.95 bits per heavy atom. The van der Waals surface area contributed by atoms with Crippen LogP contribution >= 0.6 is 23.4 Å². The molecule has 1 N–H and O–H groups in total. The van der Waals surface area contributed by atoms with Crippen LogP contribution in [0.3, 0.4) is 0 Å². The summed E-state index contributed by atoms with van der Waals surface area (Å²) in [6.45, 7) is 0. The van der Waals surface area contributed by atoms with E-state index < -0.39 is 0 Å². The fraction of sp³-hybridized carbons (Fsp3) is 0.188. The number of aromatic hydroxyl groups is 1. The Labute approximate surface area is 132 Å². The summed E-state index contributed by atoms with van der Waals surface area (Å²) in [5, 5.41) is 10.8. The number of hydrogen-bond acceptors (Lipinski definition) is 4. The Bertz CT molecular complexity index is 626. The number of thioether (sulfide) groups is 1. The third kappa shape index (κ3) is 4.16. The summed E-state index contributed by atoms with van der Waals surface area (Å²) in [4.78, 5) is 10.9. The summed E-state index contributed by atoms with van der Waals surface area (Å²) in [5.41, 5.74) is 2.34. The molecule has 2 rings (SSSR count). The number of halogens is 1. The van der Waals surface area contributed by atoms with E-state index in [2.05, 4.69) is 0 Å². The van der Waals surface area contributed by atoms with Gasteiger partial charge in [0, 0.05) is 27.7 Å². The smallest absolute Gasteiger partial charge is 0.161 e. The summed E-state index contributed by atoms with van der Waals surface area (Å²) in [7, 11) is 1.47. The monoisotopic (exact) mass is 322 g/mol. The average molecular weight is 323 g/mol. The van der Waals surface area contributed by atoms with Gasteiger partial charge < -0.3 is 9.84 Å². The van der Waals surface area contributed by atoms with Crippen LogP contribution in [0.5, 0.6) is 11.5 Å². The molecule has 0 aliphatic heterocycles. The minimum Gasteiger partial charge on any atom is -0.504 e. The number of benzene rings is 2. The van der Waals surface area contributed by atoms with Gasteiger partial charge in [-0.15, -0.1) is 0 Å². The van der Waals surface area contributed by atoms with E-state index in [1.165, 1.54) is 13.2 Å². The molecule has 2 aromatic carbocycles. The predicted octanol–water partition coefficient (Wildman–Crippen LogP) is 4.30. The van der Waals surface area contributed by atoms with Gasteiger partial charge in [0.05, 0.1) is 7.11 Å². The molecule has 21 heavy (non-hydrogen) atoms. The SMILES string of the molecule is COc1cc(C=O)cc(CSCc2ccc(Cl)cc2)c1O. The molecule has 2 aromatic rings. The number of rotatable bonds is 6. The number of methoxy groups -OCH3 is 1. The van der Waals surface area contributed by atoms with Gasteiger partial charge in [-0.2, -0.15) is 11.8 Å². The second-order valence-electron chi connectivity index (χ2n) is 4.47. The first kappa shape index (κ1) is 15.7. The van der Waals surface area contributed by atoms with Gasteiger partial charge in [-0.25, -0.2) is 0 Å². The quantitative estimate of drug-likeness (QED) is 0.805. The van der Waals surface area contributed by atoms with Crippen molar-refractivity contribution in [3.05, 3.63) is 58.1 Å². The first-order valence-corrected chi connectivity index (χ1v) is 7.84. The van der Waals surface area contributed by atoms with E-state index in [1.54, 1.807) is 17.8 Å². The standard InChI is InChI=1S/C16H15ClO3S/c1-20-15-7-12(8-18)6-13(16(15)19)10-21-9-11-2-4-14(17)5-3-11/h2-8,19H,9-10H2,1H3.